The van der Waals surface area contributed by atoms with Crippen molar-refractivity contribution in [1.29, 1.82) is 0 Å². The van der Waals surface area contributed by atoms with Crippen LogP contribution in [0.4, 0.5) is 19.0 Å². The van der Waals surface area contributed by atoms with E-state index in [1.165, 1.54) is 0 Å². The summed E-state index contributed by atoms with van der Waals surface area (Å²) in [5, 5.41) is 7.95. The second-order valence-corrected chi connectivity index (χ2v) is 11.8. The van der Waals surface area contributed by atoms with Crippen molar-refractivity contribution in [2.75, 3.05) is 25.5 Å². The van der Waals surface area contributed by atoms with E-state index in [0.717, 1.165) is 46.6 Å². The van der Waals surface area contributed by atoms with Gasteiger partial charge in [0.15, 0.2) is 0 Å². The highest BCUT2D eigenvalue weighted by Crippen LogP contribution is 2.35. The Bertz CT molecular complexity index is 1580. The van der Waals surface area contributed by atoms with E-state index in [9.17, 15) is 21.6 Å². The maximum absolute atomic E-state index is 12.8. The normalized spacial score (nSPS) is 12.4. The number of hydrogen-bond acceptors (Lipinski definition) is 6. The number of rotatable bonds is 9. The van der Waals surface area contributed by atoms with E-state index in [4.69, 9.17) is 9.84 Å². The Morgan fingerprint density at radius 3 is 2.33 bits per heavy atom. The molecule has 0 radical (unpaired) electrons. The van der Waals surface area contributed by atoms with Gasteiger partial charge in [-0.05, 0) is 74.9 Å². The van der Waals surface area contributed by atoms with Gasteiger partial charge < -0.3 is 10.1 Å². The first-order valence-electron chi connectivity index (χ1n) is 12.4. The van der Waals surface area contributed by atoms with Crippen LogP contribution in [0.5, 0.6) is 5.75 Å². The molecule has 12 heteroatoms. The topological polar surface area (TPSA) is 98.1 Å². The van der Waals surface area contributed by atoms with Crippen molar-refractivity contribution >= 4 is 15.8 Å². The Hall–Kier alpha value is -3.90. The highest BCUT2D eigenvalue weighted by molar-refractivity contribution is 7.89. The van der Waals surface area contributed by atoms with Gasteiger partial charge in [-0.2, -0.15) is 18.3 Å². The quantitative estimate of drug-likeness (QED) is 0.246. The van der Waals surface area contributed by atoms with E-state index in [-0.39, 0.29) is 23.5 Å². The lowest BCUT2D eigenvalue weighted by Crippen LogP contribution is -2.29. The van der Waals surface area contributed by atoms with Gasteiger partial charge in [-0.15, -0.1) is 0 Å². The molecule has 0 aliphatic carbocycles. The summed E-state index contributed by atoms with van der Waals surface area (Å²) in [5.74, 6) is 1.23. The molecule has 212 valence electrons. The van der Waals surface area contributed by atoms with Gasteiger partial charge in [0.25, 0.3) is 0 Å². The summed E-state index contributed by atoms with van der Waals surface area (Å²) < 4.78 is 73.0. The molecule has 8 nitrogen and oxygen atoms in total. The molecule has 0 atom stereocenters. The number of alkyl halides is 3. The number of nitrogens with one attached hydrogen (secondary N) is 2. The zero-order chi connectivity index (χ0) is 29.1. The molecule has 0 fully saturated rings. The molecule has 2 N–H and O–H groups in total. The Balaban J connectivity index is 1.49. The van der Waals surface area contributed by atoms with Crippen LogP contribution in [-0.4, -0.2) is 43.4 Å². The van der Waals surface area contributed by atoms with Gasteiger partial charge in [-0.3, -0.25) is 4.68 Å². The van der Waals surface area contributed by atoms with Crippen molar-refractivity contribution in [2.24, 2.45) is 0 Å². The number of anilines is 1. The lowest BCUT2D eigenvalue weighted by Gasteiger charge is -2.18. The van der Waals surface area contributed by atoms with Crippen LogP contribution in [0.2, 0.25) is 0 Å². The molecular formula is C28H30F3N5O3S. The molecule has 2 heterocycles. The van der Waals surface area contributed by atoms with Gasteiger partial charge in [0.1, 0.15) is 17.3 Å². The third-order valence-electron chi connectivity index (χ3n) is 6.03. The third kappa shape index (κ3) is 6.80. The largest absolute Gasteiger partial charge is 0.497 e. The van der Waals surface area contributed by atoms with Crippen LogP contribution in [0, 0.1) is 0 Å². The van der Waals surface area contributed by atoms with Crippen LogP contribution in [-0.2, 0) is 21.7 Å². The minimum absolute atomic E-state index is 0.00766. The number of halogens is 3. The molecule has 0 unspecified atom stereocenters. The van der Waals surface area contributed by atoms with Crippen LogP contribution >= 0.6 is 0 Å². The smallest absolute Gasteiger partial charge is 0.416 e. The van der Waals surface area contributed by atoms with Crippen molar-refractivity contribution < 1.29 is 26.3 Å². The zero-order valence-electron chi connectivity index (χ0n) is 22.5. The summed E-state index contributed by atoms with van der Waals surface area (Å²) in [6, 6.07) is 14.7. The average molecular weight is 574 g/mol. The maximum atomic E-state index is 12.8. The number of pyridine rings is 1. The van der Waals surface area contributed by atoms with Gasteiger partial charge in [-0.25, -0.2) is 18.1 Å². The first-order valence-corrected chi connectivity index (χ1v) is 13.9. The van der Waals surface area contributed by atoms with Crippen molar-refractivity contribution in [3.05, 3.63) is 78.6 Å². The molecule has 0 amide bonds. The Kier molecular flexibility index (Phi) is 8.22. The summed E-state index contributed by atoms with van der Waals surface area (Å²) in [5.41, 5.74) is 2.23. The Labute approximate surface area is 231 Å². The first kappa shape index (κ1) is 29.1. The summed E-state index contributed by atoms with van der Waals surface area (Å²) in [6.07, 6.45) is -0.915. The van der Waals surface area contributed by atoms with Crippen molar-refractivity contribution in [2.45, 2.75) is 37.4 Å². The van der Waals surface area contributed by atoms with Crippen molar-refractivity contribution in [1.82, 2.24) is 19.5 Å². The van der Waals surface area contributed by atoms with E-state index in [0.29, 0.717) is 11.6 Å². The van der Waals surface area contributed by atoms with Gasteiger partial charge in [0, 0.05) is 36.6 Å². The summed E-state index contributed by atoms with van der Waals surface area (Å²) in [4.78, 5) is 4.08. The van der Waals surface area contributed by atoms with E-state index >= 15 is 0 Å². The van der Waals surface area contributed by atoms with Crippen molar-refractivity contribution in [3.8, 4) is 28.1 Å². The molecular weight excluding hydrogens is 543 g/mol. The molecule has 4 aromatic rings. The molecule has 4 rings (SSSR count). The van der Waals surface area contributed by atoms with E-state index in [1.807, 2.05) is 47.3 Å². The summed E-state index contributed by atoms with van der Waals surface area (Å²) >= 11 is 0. The zero-order valence-corrected chi connectivity index (χ0v) is 23.3. The van der Waals surface area contributed by atoms with E-state index in [1.54, 1.807) is 13.3 Å². The highest BCUT2D eigenvalue weighted by Gasteiger charge is 2.30. The van der Waals surface area contributed by atoms with Crippen LogP contribution in [0.1, 0.15) is 26.3 Å². The highest BCUT2D eigenvalue weighted by atomic mass is 32.2. The molecule has 40 heavy (non-hydrogen) atoms. The molecule has 0 bridgehead atoms. The number of nitrogens with zero attached hydrogens (tertiary/aromatic N) is 3. The number of sulfonamides is 1. The predicted octanol–water partition coefficient (Wildman–Crippen LogP) is 5.78. The van der Waals surface area contributed by atoms with Crippen LogP contribution < -0.4 is 14.8 Å². The van der Waals surface area contributed by atoms with E-state index < -0.39 is 21.8 Å². The molecule has 0 aliphatic heterocycles. The molecule has 0 aliphatic rings. The fourth-order valence-electron chi connectivity index (χ4n) is 3.89. The maximum Gasteiger partial charge on any atom is 0.416 e. The monoisotopic (exact) mass is 573 g/mol. The second kappa shape index (κ2) is 11.3. The predicted molar refractivity (Wildman–Crippen MR) is 148 cm³/mol. The van der Waals surface area contributed by atoms with Crippen LogP contribution in [0.3, 0.4) is 0 Å². The van der Waals surface area contributed by atoms with Gasteiger partial charge >= 0.3 is 6.18 Å². The lowest BCUT2D eigenvalue weighted by atomic mass is 10.0. The van der Waals surface area contributed by atoms with Gasteiger partial charge in [0.2, 0.25) is 10.0 Å². The van der Waals surface area contributed by atoms with Crippen LogP contribution in [0.25, 0.3) is 22.4 Å². The number of methoxy groups -OCH3 is 1. The number of hydrogen-bond donors (Lipinski definition) is 2. The standard InChI is InChI=1S/C28H30F3N5O3S/c1-27(2,3)36-18-24(26(35-36)20-6-5-7-22(16-20)39-4)19-12-13-32-25(17-19)33-14-15-34-40(37,38)23-10-8-21(9-11-23)28(29,30)31/h5-13,16-18,34H,14-15H2,1-4H3,(H,32,33). The second-order valence-electron chi connectivity index (χ2n) is 10.0. The summed E-state index contributed by atoms with van der Waals surface area (Å²) in [6.45, 7) is 6.37. The number of ether oxygens (including phenoxy) is 1. The molecule has 2 aromatic heterocycles. The third-order valence-corrected chi connectivity index (χ3v) is 7.51. The van der Waals surface area contributed by atoms with Crippen LogP contribution in [0.15, 0.2) is 78.0 Å². The molecule has 0 saturated heterocycles. The lowest BCUT2D eigenvalue weighted by molar-refractivity contribution is -0.137. The number of benzene rings is 2. The average Bonchev–Trinajstić information content (AvgIpc) is 3.38. The van der Waals surface area contributed by atoms with Gasteiger partial charge in [0.05, 0.1) is 23.1 Å². The SMILES string of the molecule is COc1cccc(-c2nn(C(C)(C)C)cc2-c2ccnc(NCCNS(=O)(=O)c3ccc(C(F)(F)F)cc3)c2)c1. The van der Waals surface area contributed by atoms with Gasteiger partial charge in [-0.1, -0.05) is 12.1 Å². The fraction of sp³-hybridized carbons (Fsp3) is 0.286. The fourth-order valence-corrected chi connectivity index (χ4v) is 4.92. The minimum atomic E-state index is -4.54. The number of aromatic nitrogens is 3. The molecule has 0 spiro atoms. The first-order chi connectivity index (χ1) is 18.8. The van der Waals surface area contributed by atoms with E-state index in [2.05, 4.69) is 35.8 Å². The minimum Gasteiger partial charge on any atom is -0.497 e. The van der Waals surface area contributed by atoms with Crippen molar-refractivity contribution in [3.63, 3.8) is 0 Å². The Morgan fingerprint density at radius 1 is 0.950 bits per heavy atom. The Morgan fingerprint density at radius 2 is 1.68 bits per heavy atom. The molecule has 0 saturated carbocycles. The molecule has 2 aromatic carbocycles. The summed E-state index contributed by atoms with van der Waals surface area (Å²) in [7, 11) is -2.37.